The summed E-state index contributed by atoms with van der Waals surface area (Å²) in [5, 5.41) is 2.41. The molecule has 1 atom stereocenters. The maximum absolute atomic E-state index is 10.2. The largest absolute Gasteiger partial charge is 0.615 e. The zero-order valence-electron chi connectivity index (χ0n) is 4.93. The van der Waals surface area contributed by atoms with E-state index in [-0.39, 0.29) is 11.8 Å². The van der Waals surface area contributed by atoms with Crippen molar-refractivity contribution in [3.05, 3.63) is 0 Å². The van der Waals surface area contributed by atoms with Crippen molar-refractivity contribution in [1.82, 2.24) is 5.32 Å². The van der Waals surface area contributed by atoms with Gasteiger partial charge in [-0.05, 0) is 11.2 Å². The highest BCUT2D eigenvalue weighted by molar-refractivity contribution is 7.90. The summed E-state index contributed by atoms with van der Waals surface area (Å²) >= 11 is -0.918. The van der Waals surface area contributed by atoms with Crippen LogP contribution in [0, 0.1) is 0 Å². The van der Waals surface area contributed by atoms with Gasteiger partial charge in [0.1, 0.15) is 0 Å². The van der Waals surface area contributed by atoms with Crippen LogP contribution in [0.25, 0.3) is 0 Å². The molecule has 0 aliphatic heterocycles. The van der Waals surface area contributed by atoms with Gasteiger partial charge in [-0.2, -0.15) is 0 Å². The molecule has 0 aromatic carbocycles. The number of amides is 1. The smallest absolute Gasteiger partial charge is 0.220 e. The first-order valence-electron chi connectivity index (χ1n) is 2.17. The third kappa shape index (κ3) is 5.78. The van der Waals surface area contributed by atoms with Crippen molar-refractivity contribution < 1.29 is 9.35 Å². The van der Waals surface area contributed by atoms with E-state index in [1.165, 1.54) is 13.2 Å². The van der Waals surface area contributed by atoms with E-state index in [4.69, 9.17) is 0 Å². The van der Waals surface area contributed by atoms with Crippen molar-refractivity contribution in [2.75, 3.05) is 12.1 Å². The quantitative estimate of drug-likeness (QED) is 0.517. The van der Waals surface area contributed by atoms with Crippen LogP contribution >= 0.6 is 0 Å². The Balaban J connectivity index is 3.05. The summed E-state index contributed by atoms with van der Waals surface area (Å²) in [6.45, 7) is 1.40. The Kier molecular flexibility index (Phi) is 3.64. The van der Waals surface area contributed by atoms with Gasteiger partial charge in [0.05, 0.1) is 6.26 Å². The van der Waals surface area contributed by atoms with E-state index in [0.29, 0.717) is 0 Å². The molecule has 0 saturated carbocycles. The van der Waals surface area contributed by atoms with Gasteiger partial charge in [0.2, 0.25) is 5.91 Å². The molecule has 0 aliphatic carbocycles. The van der Waals surface area contributed by atoms with Crippen LogP contribution < -0.4 is 5.32 Å². The molecule has 3 nitrogen and oxygen atoms in total. The van der Waals surface area contributed by atoms with Crippen molar-refractivity contribution in [2.24, 2.45) is 0 Å². The predicted molar refractivity (Wildman–Crippen MR) is 32.8 cm³/mol. The standard InChI is InChI=1S/C4H9NO2S/c1-4(6)5-3-8(2)7/h3H2,1-2H3,(H,5,6). The van der Waals surface area contributed by atoms with E-state index in [1.807, 2.05) is 0 Å². The highest BCUT2D eigenvalue weighted by Gasteiger charge is 1.95. The van der Waals surface area contributed by atoms with E-state index in [2.05, 4.69) is 5.32 Å². The molecule has 0 saturated heterocycles. The Bertz CT molecular complexity index is 84.1. The van der Waals surface area contributed by atoms with Crippen LogP contribution in [0.5, 0.6) is 0 Å². The molecular formula is C4H9NO2S. The van der Waals surface area contributed by atoms with Crippen LogP contribution in [0.1, 0.15) is 6.92 Å². The molecule has 8 heavy (non-hydrogen) atoms. The number of hydrogen-bond acceptors (Lipinski definition) is 2. The molecule has 1 unspecified atom stereocenters. The molecule has 0 bridgehead atoms. The van der Waals surface area contributed by atoms with E-state index >= 15 is 0 Å². The fourth-order valence-electron chi connectivity index (χ4n) is 0.203. The Labute approximate surface area is 51.6 Å². The van der Waals surface area contributed by atoms with Crippen LogP contribution in [0.4, 0.5) is 0 Å². The van der Waals surface area contributed by atoms with Gasteiger partial charge in [0.15, 0.2) is 5.88 Å². The van der Waals surface area contributed by atoms with Crippen molar-refractivity contribution in [3.8, 4) is 0 Å². The molecular weight excluding hydrogens is 126 g/mol. The third-order valence-corrected chi connectivity index (χ3v) is 1.08. The second-order valence-electron chi connectivity index (χ2n) is 1.45. The first-order chi connectivity index (χ1) is 3.63. The lowest BCUT2D eigenvalue weighted by Crippen LogP contribution is -2.26. The summed E-state index contributed by atoms with van der Waals surface area (Å²) in [6.07, 6.45) is 1.54. The number of nitrogens with one attached hydrogen (secondary N) is 1. The Morgan fingerprint density at radius 3 is 2.50 bits per heavy atom. The van der Waals surface area contributed by atoms with Crippen LogP contribution in [-0.4, -0.2) is 22.6 Å². The first kappa shape index (κ1) is 7.78. The average molecular weight is 135 g/mol. The van der Waals surface area contributed by atoms with Crippen molar-refractivity contribution in [2.45, 2.75) is 6.92 Å². The van der Waals surface area contributed by atoms with E-state index in [1.54, 1.807) is 0 Å². The second kappa shape index (κ2) is 3.74. The minimum Gasteiger partial charge on any atom is -0.615 e. The van der Waals surface area contributed by atoms with Crippen molar-refractivity contribution in [1.29, 1.82) is 0 Å². The minimum atomic E-state index is -0.918. The lowest BCUT2D eigenvalue weighted by molar-refractivity contribution is -0.118. The number of rotatable bonds is 2. The summed E-state index contributed by atoms with van der Waals surface area (Å²) in [7, 11) is 0. The SMILES string of the molecule is CC(=O)NC[S+](C)[O-]. The Hall–Kier alpha value is -0.220. The first-order valence-corrected chi connectivity index (χ1v) is 3.90. The summed E-state index contributed by atoms with van der Waals surface area (Å²) < 4.78 is 10.2. The normalized spacial score (nSPS) is 12.9. The zero-order chi connectivity index (χ0) is 6.57. The summed E-state index contributed by atoms with van der Waals surface area (Å²) in [5.74, 6) is 0.121. The topological polar surface area (TPSA) is 52.2 Å². The molecule has 0 rings (SSSR count). The van der Waals surface area contributed by atoms with Gasteiger partial charge in [-0.25, -0.2) is 0 Å². The molecule has 0 spiro atoms. The fraction of sp³-hybridized carbons (Fsp3) is 0.750. The molecule has 0 heterocycles. The molecule has 0 radical (unpaired) electrons. The van der Waals surface area contributed by atoms with Crippen LogP contribution in [0.15, 0.2) is 0 Å². The Morgan fingerprint density at radius 1 is 1.88 bits per heavy atom. The number of hydrogen-bond donors (Lipinski definition) is 1. The lowest BCUT2D eigenvalue weighted by atomic mass is 10.7. The van der Waals surface area contributed by atoms with Gasteiger partial charge in [0, 0.05) is 6.92 Å². The van der Waals surface area contributed by atoms with Crippen LogP contribution in [0.2, 0.25) is 0 Å². The van der Waals surface area contributed by atoms with E-state index in [0.717, 1.165) is 0 Å². The highest BCUT2D eigenvalue weighted by Crippen LogP contribution is 1.75. The molecule has 1 N–H and O–H groups in total. The van der Waals surface area contributed by atoms with E-state index < -0.39 is 11.2 Å². The fourth-order valence-corrected chi connectivity index (χ4v) is 0.610. The van der Waals surface area contributed by atoms with E-state index in [9.17, 15) is 9.35 Å². The molecule has 0 aliphatic rings. The van der Waals surface area contributed by atoms with Gasteiger partial charge >= 0.3 is 0 Å². The highest BCUT2D eigenvalue weighted by atomic mass is 32.2. The minimum absolute atomic E-state index is 0.139. The maximum Gasteiger partial charge on any atom is 0.220 e. The average Bonchev–Trinajstić information content (AvgIpc) is 1.61. The summed E-state index contributed by atoms with van der Waals surface area (Å²) in [6, 6.07) is 0. The molecule has 0 fully saturated rings. The third-order valence-electron chi connectivity index (χ3n) is 0.524. The van der Waals surface area contributed by atoms with Crippen molar-refractivity contribution in [3.63, 3.8) is 0 Å². The summed E-state index contributed by atoms with van der Waals surface area (Å²) in [5.41, 5.74) is 0. The molecule has 48 valence electrons. The van der Waals surface area contributed by atoms with Gasteiger partial charge in [-0.15, -0.1) is 0 Å². The second-order valence-corrected chi connectivity index (χ2v) is 2.89. The van der Waals surface area contributed by atoms with Gasteiger partial charge in [-0.1, -0.05) is 0 Å². The van der Waals surface area contributed by atoms with Crippen LogP contribution in [-0.2, 0) is 16.0 Å². The molecule has 0 aromatic heterocycles. The van der Waals surface area contributed by atoms with Crippen LogP contribution in [0.3, 0.4) is 0 Å². The monoisotopic (exact) mass is 135 g/mol. The number of carbonyl (C=O) groups excluding carboxylic acids is 1. The van der Waals surface area contributed by atoms with Gasteiger partial charge < -0.3 is 9.87 Å². The summed E-state index contributed by atoms with van der Waals surface area (Å²) in [4.78, 5) is 10.1. The number of carbonyl (C=O) groups is 1. The Morgan fingerprint density at radius 2 is 2.38 bits per heavy atom. The van der Waals surface area contributed by atoms with Crippen molar-refractivity contribution >= 4 is 17.1 Å². The molecule has 1 amide bonds. The molecule has 4 heteroatoms. The molecule has 0 aromatic rings. The lowest BCUT2D eigenvalue weighted by Gasteiger charge is -2.03. The predicted octanol–water partition coefficient (Wildman–Crippen LogP) is -0.542. The zero-order valence-corrected chi connectivity index (χ0v) is 5.75. The van der Waals surface area contributed by atoms with Gasteiger partial charge in [-0.3, -0.25) is 4.79 Å². The maximum atomic E-state index is 10.2. The van der Waals surface area contributed by atoms with Gasteiger partial charge in [0.25, 0.3) is 0 Å².